The number of aliphatic imine (C=N–C) groups is 1. The molecule has 1 amide bonds. The highest BCUT2D eigenvalue weighted by molar-refractivity contribution is 7.89. The fourth-order valence-corrected chi connectivity index (χ4v) is 7.97. The molecule has 4 N–H and O–H groups in total. The Bertz CT molecular complexity index is 1670. The summed E-state index contributed by atoms with van der Waals surface area (Å²) in [7, 11) is -4.14. The summed E-state index contributed by atoms with van der Waals surface area (Å²) in [4.78, 5) is 20.6. The third-order valence-electron chi connectivity index (χ3n) is 8.47. The first-order chi connectivity index (χ1) is 22.3. The molecule has 2 aromatic carbocycles. The number of aliphatic hydroxyl groups excluding tert-OH is 1. The SMILES string of the molecule is CC(=NC(C)C)c1c(O)[nH]c2ccc(S(=O)(=O)N(CC(C)C)CC(O)C(Cc3ccccc3)NC(=O)OC3COC4OCCC34)cc12. The molecular weight excluding hydrogens is 624 g/mol. The van der Waals surface area contributed by atoms with Gasteiger partial charge < -0.3 is 34.7 Å². The van der Waals surface area contributed by atoms with Crippen LogP contribution in [0.3, 0.4) is 0 Å². The van der Waals surface area contributed by atoms with Crippen LogP contribution in [0.1, 0.15) is 52.2 Å². The van der Waals surface area contributed by atoms with E-state index in [1.165, 1.54) is 16.4 Å². The van der Waals surface area contributed by atoms with Crippen LogP contribution in [-0.2, 0) is 30.7 Å². The lowest BCUT2D eigenvalue weighted by Gasteiger charge is -2.31. The molecule has 5 atom stereocenters. The number of fused-ring (bicyclic) bond motifs is 2. The van der Waals surface area contributed by atoms with Crippen LogP contribution in [0.25, 0.3) is 10.9 Å². The minimum atomic E-state index is -4.14. The molecule has 0 radical (unpaired) electrons. The third kappa shape index (κ3) is 8.15. The number of benzene rings is 2. The van der Waals surface area contributed by atoms with Gasteiger partial charge in [0.2, 0.25) is 10.0 Å². The van der Waals surface area contributed by atoms with Gasteiger partial charge in [0.15, 0.2) is 12.2 Å². The zero-order valence-electron chi connectivity index (χ0n) is 27.5. The molecule has 0 saturated carbocycles. The van der Waals surface area contributed by atoms with Crippen molar-refractivity contribution in [3.8, 4) is 5.88 Å². The maximum absolute atomic E-state index is 14.2. The molecule has 2 saturated heterocycles. The molecule has 2 fully saturated rings. The van der Waals surface area contributed by atoms with Crippen LogP contribution >= 0.6 is 0 Å². The largest absolute Gasteiger partial charge is 0.494 e. The summed E-state index contributed by atoms with van der Waals surface area (Å²) in [5.41, 5.74) is 2.44. The van der Waals surface area contributed by atoms with Gasteiger partial charge in [-0.15, -0.1) is 0 Å². The molecule has 5 rings (SSSR count). The number of amides is 1. The molecular formula is C34H46N4O8S. The number of nitrogens with one attached hydrogen (secondary N) is 2. The summed E-state index contributed by atoms with van der Waals surface area (Å²) in [6, 6.07) is 13.1. The predicted molar refractivity (Wildman–Crippen MR) is 178 cm³/mol. The number of carbonyl (C=O) groups is 1. The Labute approximate surface area is 276 Å². The summed E-state index contributed by atoms with van der Waals surface area (Å²) >= 11 is 0. The van der Waals surface area contributed by atoms with Gasteiger partial charge in [0.05, 0.1) is 41.7 Å². The van der Waals surface area contributed by atoms with Crippen LogP contribution in [0.5, 0.6) is 5.88 Å². The fraction of sp³-hybridized carbons (Fsp3) is 0.529. The molecule has 5 unspecified atom stereocenters. The number of aromatic amines is 1. The quantitative estimate of drug-likeness (QED) is 0.197. The number of hydrogen-bond donors (Lipinski definition) is 4. The van der Waals surface area contributed by atoms with E-state index in [4.69, 9.17) is 14.2 Å². The lowest BCUT2D eigenvalue weighted by Crippen LogP contribution is -2.51. The van der Waals surface area contributed by atoms with E-state index in [9.17, 15) is 23.4 Å². The highest BCUT2D eigenvalue weighted by Gasteiger charge is 2.44. The Balaban J connectivity index is 1.40. The van der Waals surface area contributed by atoms with Crippen molar-refractivity contribution in [3.05, 3.63) is 59.7 Å². The normalized spacial score (nSPS) is 21.5. The minimum absolute atomic E-state index is 0.0111. The summed E-state index contributed by atoms with van der Waals surface area (Å²) in [6.07, 6.45) is -1.89. The number of aromatic nitrogens is 1. The number of ether oxygens (including phenoxy) is 3. The second-order valence-corrected chi connectivity index (χ2v) is 15.0. The van der Waals surface area contributed by atoms with Crippen molar-refractivity contribution in [2.24, 2.45) is 16.8 Å². The lowest BCUT2D eigenvalue weighted by atomic mass is 10.0. The third-order valence-corrected chi connectivity index (χ3v) is 10.3. The molecule has 13 heteroatoms. The van der Waals surface area contributed by atoms with Crippen LogP contribution in [-0.4, -0.2) is 96.6 Å². The van der Waals surface area contributed by atoms with Gasteiger partial charge >= 0.3 is 6.09 Å². The lowest BCUT2D eigenvalue weighted by molar-refractivity contribution is -0.0907. The molecule has 0 aliphatic carbocycles. The standard InChI is InChI=1S/C34H46N4O8S/c1-20(2)17-38(47(42,43)24-11-12-27-26(16-24)31(32(40)36-27)22(5)35-21(3)4)18-29(39)28(15-23-9-7-6-8-10-23)37-34(41)46-30-19-45-33-25(30)13-14-44-33/h6-12,16,20-21,25,28-30,33,36,39-40H,13-15,17-19H2,1-5H3,(H,37,41). The number of carbonyl (C=O) groups excluding carboxylic acids is 1. The molecule has 3 heterocycles. The molecule has 47 heavy (non-hydrogen) atoms. The molecule has 256 valence electrons. The van der Waals surface area contributed by atoms with Gasteiger partial charge in [0.25, 0.3) is 0 Å². The van der Waals surface area contributed by atoms with Gasteiger partial charge in [0, 0.05) is 35.7 Å². The monoisotopic (exact) mass is 670 g/mol. The second kappa shape index (κ2) is 14.7. The maximum atomic E-state index is 14.2. The average Bonchev–Trinajstić information content (AvgIpc) is 3.71. The zero-order valence-corrected chi connectivity index (χ0v) is 28.4. The number of aromatic hydroxyl groups is 1. The number of hydrogen-bond acceptors (Lipinski definition) is 9. The zero-order chi connectivity index (χ0) is 33.9. The smallest absolute Gasteiger partial charge is 0.407 e. The van der Waals surface area contributed by atoms with Crippen molar-refractivity contribution < 1.29 is 37.6 Å². The molecule has 12 nitrogen and oxygen atoms in total. The number of sulfonamides is 1. The first-order valence-corrected chi connectivity index (χ1v) is 17.6. The van der Waals surface area contributed by atoms with E-state index in [2.05, 4.69) is 15.3 Å². The van der Waals surface area contributed by atoms with E-state index >= 15 is 0 Å². The van der Waals surface area contributed by atoms with Crippen LogP contribution in [0.15, 0.2) is 58.4 Å². The van der Waals surface area contributed by atoms with E-state index in [-0.39, 0.29) is 61.1 Å². The first kappa shape index (κ1) is 34.8. The molecule has 0 bridgehead atoms. The number of nitrogens with zero attached hydrogens (tertiary/aromatic N) is 2. The van der Waals surface area contributed by atoms with Crippen molar-refractivity contribution in [2.75, 3.05) is 26.3 Å². The van der Waals surface area contributed by atoms with E-state index in [0.717, 1.165) is 12.0 Å². The van der Waals surface area contributed by atoms with Crippen molar-refractivity contribution >= 4 is 32.7 Å². The van der Waals surface area contributed by atoms with Crippen molar-refractivity contribution in [1.29, 1.82) is 0 Å². The summed E-state index contributed by atoms with van der Waals surface area (Å²) < 4.78 is 46.6. The van der Waals surface area contributed by atoms with Crippen molar-refractivity contribution in [1.82, 2.24) is 14.6 Å². The van der Waals surface area contributed by atoms with Gasteiger partial charge in [-0.05, 0) is 63.3 Å². The van der Waals surface area contributed by atoms with Gasteiger partial charge in [-0.3, -0.25) is 4.99 Å². The molecule has 1 aromatic heterocycles. The van der Waals surface area contributed by atoms with Crippen LogP contribution in [0.4, 0.5) is 4.79 Å². The Kier molecular flexibility index (Phi) is 10.9. The number of alkyl carbamates (subject to hydrolysis) is 1. The van der Waals surface area contributed by atoms with Gasteiger partial charge in [-0.25, -0.2) is 13.2 Å². The first-order valence-electron chi connectivity index (χ1n) is 16.2. The summed E-state index contributed by atoms with van der Waals surface area (Å²) in [5.74, 6) is -0.208. The highest BCUT2D eigenvalue weighted by atomic mass is 32.2. The maximum Gasteiger partial charge on any atom is 0.407 e. The Morgan fingerprint density at radius 2 is 1.87 bits per heavy atom. The predicted octanol–water partition coefficient (Wildman–Crippen LogP) is 4.20. The Morgan fingerprint density at radius 3 is 2.57 bits per heavy atom. The van der Waals surface area contributed by atoms with E-state index in [1.54, 1.807) is 13.0 Å². The molecule has 2 aliphatic heterocycles. The van der Waals surface area contributed by atoms with Crippen LogP contribution in [0, 0.1) is 11.8 Å². The van der Waals surface area contributed by atoms with Crippen molar-refractivity contribution in [3.63, 3.8) is 0 Å². The van der Waals surface area contributed by atoms with E-state index in [1.807, 2.05) is 58.0 Å². The minimum Gasteiger partial charge on any atom is -0.494 e. The topological polar surface area (TPSA) is 163 Å². The highest BCUT2D eigenvalue weighted by Crippen LogP contribution is 2.33. The van der Waals surface area contributed by atoms with Gasteiger partial charge in [-0.2, -0.15) is 4.31 Å². The molecule has 3 aromatic rings. The number of rotatable bonds is 13. The van der Waals surface area contributed by atoms with Crippen LogP contribution in [0.2, 0.25) is 0 Å². The van der Waals surface area contributed by atoms with Gasteiger partial charge in [0.1, 0.15) is 6.10 Å². The van der Waals surface area contributed by atoms with E-state index in [0.29, 0.717) is 28.8 Å². The summed E-state index contributed by atoms with van der Waals surface area (Å²) in [6.45, 7) is 10.0. The Hall–Kier alpha value is -3.49. The average molecular weight is 671 g/mol. The number of aliphatic hydroxyl groups is 1. The molecule has 2 aliphatic rings. The van der Waals surface area contributed by atoms with E-state index < -0.39 is 34.4 Å². The number of H-pyrrole nitrogens is 1. The van der Waals surface area contributed by atoms with Gasteiger partial charge in [-0.1, -0.05) is 44.2 Å². The van der Waals surface area contributed by atoms with Crippen molar-refractivity contribution in [2.45, 2.75) is 82.9 Å². The Morgan fingerprint density at radius 1 is 1.13 bits per heavy atom. The van der Waals surface area contributed by atoms with Crippen LogP contribution < -0.4 is 5.32 Å². The molecule has 0 spiro atoms. The fourth-order valence-electron chi connectivity index (χ4n) is 6.32. The second-order valence-electron chi connectivity index (χ2n) is 13.1. The summed E-state index contributed by atoms with van der Waals surface area (Å²) in [5, 5.41) is 25.6.